The molecule has 0 aromatic rings. The number of hydrogen-bond donors (Lipinski definition) is 1. The fourth-order valence-corrected chi connectivity index (χ4v) is 4.62. The molecule has 0 aromatic carbocycles. The van der Waals surface area contributed by atoms with Gasteiger partial charge in [0.15, 0.2) is 12.0 Å². The molecule has 1 heterocycles. The van der Waals surface area contributed by atoms with Crippen LogP contribution in [0.4, 0.5) is 0 Å². The summed E-state index contributed by atoms with van der Waals surface area (Å²) in [6, 6.07) is 0. The minimum absolute atomic E-state index is 0.0584. The van der Waals surface area contributed by atoms with Gasteiger partial charge in [-0.1, -0.05) is 70.4 Å². The minimum Gasteiger partial charge on any atom is -0.307 e. The lowest BCUT2D eigenvalue weighted by molar-refractivity contribution is -0.861. The van der Waals surface area contributed by atoms with Crippen LogP contribution in [0.25, 0.3) is 0 Å². The normalized spacial score (nSPS) is 20.2. The third kappa shape index (κ3) is 9.93. The van der Waals surface area contributed by atoms with Crippen LogP contribution in [0.1, 0.15) is 111 Å². The number of quaternary nitrogens is 1. The Morgan fingerprint density at radius 3 is 2.14 bits per heavy atom. The molecule has 0 radical (unpaired) electrons. The van der Waals surface area contributed by atoms with Crippen LogP contribution in [-0.4, -0.2) is 42.0 Å². The van der Waals surface area contributed by atoms with Crippen molar-refractivity contribution in [3.05, 3.63) is 12.2 Å². The highest BCUT2D eigenvalue weighted by Crippen LogP contribution is 2.23. The molecule has 1 aliphatic heterocycles. The van der Waals surface area contributed by atoms with Crippen LogP contribution in [0.3, 0.4) is 0 Å². The van der Waals surface area contributed by atoms with Crippen LogP contribution in [0.2, 0.25) is 0 Å². The Kier molecular flexibility index (Phi) is 14.0. The van der Waals surface area contributed by atoms with Gasteiger partial charge in [0.1, 0.15) is 6.54 Å². The van der Waals surface area contributed by atoms with E-state index in [-0.39, 0.29) is 12.1 Å². The quantitative estimate of drug-likeness (QED) is 0.170. The molecule has 1 rings (SSSR count). The number of amides is 1. The molecular weight excluding hydrogens is 358 g/mol. The zero-order valence-electron chi connectivity index (χ0n) is 19.8. The second kappa shape index (κ2) is 15.6. The fourth-order valence-electron chi connectivity index (χ4n) is 4.62. The Morgan fingerprint density at radius 2 is 1.59 bits per heavy atom. The van der Waals surface area contributed by atoms with Crippen molar-refractivity contribution in [3.8, 4) is 0 Å². The number of rotatable bonds is 17. The average molecular weight is 407 g/mol. The van der Waals surface area contributed by atoms with E-state index in [4.69, 9.17) is 4.99 Å². The highest BCUT2D eigenvalue weighted by atomic mass is 16.1. The third-order valence-electron chi connectivity index (χ3n) is 6.45. The molecule has 0 saturated carbocycles. The molecule has 1 N–H and O–H groups in total. The van der Waals surface area contributed by atoms with Gasteiger partial charge in [-0.15, -0.1) is 0 Å². The monoisotopic (exact) mass is 406 g/mol. The zero-order valence-corrected chi connectivity index (χ0v) is 19.8. The first-order chi connectivity index (χ1) is 14.1. The predicted octanol–water partition coefficient (Wildman–Crippen LogP) is 6.36. The SMILES string of the molecule is CC/C=C/CCCCCCCCCCCCC1=NCC[N+]1(CC)C(C)NC(C)=O. The molecule has 0 bridgehead atoms. The Balaban J connectivity index is 2.08. The molecule has 2 atom stereocenters. The molecule has 0 fully saturated rings. The smallest absolute Gasteiger partial charge is 0.221 e. The first kappa shape index (κ1) is 25.9. The second-order valence-corrected chi connectivity index (χ2v) is 8.70. The lowest BCUT2D eigenvalue weighted by Gasteiger charge is -2.39. The van der Waals surface area contributed by atoms with Gasteiger partial charge in [-0.25, -0.2) is 4.99 Å². The summed E-state index contributed by atoms with van der Waals surface area (Å²) in [5.41, 5.74) is 0. The van der Waals surface area contributed by atoms with Crippen LogP contribution in [0.15, 0.2) is 17.1 Å². The van der Waals surface area contributed by atoms with E-state index < -0.39 is 0 Å². The van der Waals surface area contributed by atoms with E-state index in [1.165, 1.54) is 82.9 Å². The number of likely N-dealkylation sites (N-methyl/N-ethyl adjacent to an activating group) is 1. The summed E-state index contributed by atoms with van der Waals surface area (Å²) in [6.07, 6.45) is 21.9. The van der Waals surface area contributed by atoms with E-state index in [1.54, 1.807) is 6.92 Å². The van der Waals surface area contributed by atoms with Crippen LogP contribution >= 0.6 is 0 Å². The Morgan fingerprint density at radius 1 is 1.00 bits per heavy atom. The number of unbranched alkanes of at least 4 members (excludes halogenated alkanes) is 10. The summed E-state index contributed by atoms with van der Waals surface area (Å²) in [6.45, 7) is 11.1. The summed E-state index contributed by atoms with van der Waals surface area (Å²) >= 11 is 0. The lowest BCUT2D eigenvalue weighted by Crippen LogP contribution is -2.62. The van der Waals surface area contributed by atoms with E-state index in [2.05, 4.69) is 38.2 Å². The molecular formula is C25H48N3O+. The van der Waals surface area contributed by atoms with Crippen molar-refractivity contribution < 1.29 is 9.28 Å². The number of carbonyl (C=O) groups excluding carboxylic acids is 1. The number of hydrogen-bond acceptors (Lipinski definition) is 2. The van der Waals surface area contributed by atoms with E-state index >= 15 is 0 Å². The number of amidine groups is 1. The van der Waals surface area contributed by atoms with Crippen molar-refractivity contribution >= 4 is 11.7 Å². The minimum atomic E-state index is 0.0584. The number of allylic oxidation sites excluding steroid dienone is 2. The summed E-state index contributed by atoms with van der Waals surface area (Å²) in [7, 11) is 0. The predicted molar refractivity (Wildman–Crippen MR) is 126 cm³/mol. The molecule has 0 spiro atoms. The molecule has 2 unspecified atom stereocenters. The van der Waals surface area contributed by atoms with Gasteiger partial charge in [-0.2, -0.15) is 0 Å². The summed E-state index contributed by atoms with van der Waals surface area (Å²) in [4.78, 5) is 16.3. The van der Waals surface area contributed by atoms with Gasteiger partial charge in [0.05, 0.1) is 13.1 Å². The maximum absolute atomic E-state index is 11.5. The summed E-state index contributed by atoms with van der Waals surface area (Å²) in [5, 5.41) is 3.11. The number of aliphatic imine (C=N–C) groups is 1. The molecule has 168 valence electrons. The van der Waals surface area contributed by atoms with Gasteiger partial charge in [0, 0.05) is 20.3 Å². The Labute approximate surface area is 180 Å². The molecule has 0 aromatic heterocycles. The third-order valence-corrected chi connectivity index (χ3v) is 6.45. The molecule has 1 amide bonds. The van der Waals surface area contributed by atoms with Crippen molar-refractivity contribution in [2.24, 2.45) is 4.99 Å². The highest BCUT2D eigenvalue weighted by molar-refractivity contribution is 5.78. The largest absolute Gasteiger partial charge is 0.307 e. The molecule has 0 saturated heterocycles. The Bertz CT molecular complexity index is 500. The lowest BCUT2D eigenvalue weighted by atomic mass is 10.0. The number of nitrogens with zero attached hydrogens (tertiary/aromatic N) is 2. The van der Waals surface area contributed by atoms with E-state index in [9.17, 15) is 4.79 Å². The number of nitrogens with one attached hydrogen (secondary N) is 1. The average Bonchev–Trinajstić information content (AvgIpc) is 3.12. The maximum Gasteiger partial charge on any atom is 0.221 e. The van der Waals surface area contributed by atoms with Crippen molar-refractivity contribution in [3.63, 3.8) is 0 Å². The van der Waals surface area contributed by atoms with Crippen LogP contribution in [0, 0.1) is 0 Å². The topological polar surface area (TPSA) is 41.5 Å². The van der Waals surface area contributed by atoms with Gasteiger partial charge in [0.2, 0.25) is 5.91 Å². The maximum atomic E-state index is 11.5. The van der Waals surface area contributed by atoms with Crippen molar-refractivity contribution in [2.45, 2.75) is 117 Å². The van der Waals surface area contributed by atoms with E-state index in [0.29, 0.717) is 0 Å². The van der Waals surface area contributed by atoms with Gasteiger partial charge in [-0.05, 0) is 32.6 Å². The van der Waals surface area contributed by atoms with E-state index in [0.717, 1.165) is 30.5 Å². The molecule has 4 nitrogen and oxygen atoms in total. The van der Waals surface area contributed by atoms with Gasteiger partial charge < -0.3 is 5.32 Å². The van der Waals surface area contributed by atoms with Crippen molar-refractivity contribution in [2.75, 3.05) is 19.6 Å². The highest BCUT2D eigenvalue weighted by Gasteiger charge is 2.41. The Hall–Kier alpha value is -1.16. The molecule has 29 heavy (non-hydrogen) atoms. The van der Waals surface area contributed by atoms with Crippen LogP contribution in [0.5, 0.6) is 0 Å². The van der Waals surface area contributed by atoms with Crippen LogP contribution in [-0.2, 0) is 4.79 Å². The first-order valence-corrected chi connectivity index (χ1v) is 12.4. The standard InChI is InChI=1S/C25H47N3O/c1-5-7-8-9-10-11-12-13-14-15-16-17-18-19-20-25-26-21-22-28(25,6-2)23(3)27-24(4)29/h7-8,23H,5-6,9-22H2,1-4H3/p+1/b8-7+. The summed E-state index contributed by atoms with van der Waals surface area (Å²) < 4.78 is 0.855. The zero-order chi connectivity index (χ0) is 21.4. The molecule has 1 aliphatic rings. The van der Waals surface area contributed by atoms with Crippen LogP contribution < -0.4 is 5.32 Å². The number of carbonyl (C=O) groups is 1. The van der Waals surface area contributed by atoms with Crippen molar-refractivity contribution in [1.82, 2.24) is 5.32 Å². The van der Waals surface area contributed by atoms with Crippen molar-refractivity contribution in [1.29, 1.82) is 0 Å². The molecule has 4 heteroatoms. The van der Waals surface area contributed by atoms with Gasteiger partial charge in [0.25, 0.3) is 0 Å². The van der Waals surface area contributed by atoms with Gasteiger partial charge in [-0.3, -0.25) is 9.28 Å². The molecule has 0 aliphatic carbocycles. The summed E-state index contributed by atoms with van der Waals surface area (Å²) in [5.74, 6) is 1.37. The fraction of sp³-hybridized carbons (Fsp3) is 0.840. The van der Waals surface area contributed by atoms with E-state index in [1.807, 2.05) is 0 Å². The van der Waals surface area contributed by atoms with Gasteiger partial charge >= 0.3 is 0 Å². The second-order valence-electron chi connectivity index (χ2n) is 8.70. The first-order valence-electron chi connectivity index (χ1n) is 12.4.